The maximum atomic E-state index is 5.00. The number of pyridine rings is 2. The molecule has 0 saturated carbocycles. The summed E-state index contributed by atoms with van der Waals surface area (Å²) in [4.78, 5) is 26.0. The van der Waals surface area contributed by atoms with E-state index < -0.39 is 0 Å². The van der Waals surface area contributed by atoms with E-state index in [4.69, 9.17) is 9.98 Å². The molecule has 0 radical (unpaired) electrons. The molecule has 1 saturated heterocycles. The van der Waals surface area contributed by atoms with Gasteiger partial charge in [-0.25, -0.2) is 4.98 Å². The van der Waals surface area contributed by atoms with Gasteiger partial charge in [0.05, 0.1) is 11.7 Å². The number of fused-ring (bicyclic) bond motifs is 2. The van der Waals surface area contributed by atoms with Gasteiger partial charge in [-0.05, 0) is 66.7 Å². The second-order valence-corrected chi connectivity index (χ2v) is 10.3. The third kappa shape index (κ3) is 3.88. The Bertz CT molecular complexity index is 1580. The molecule has 8 heteroatoms. The molecule has 0 unspecified atom stereocenters. The van der Waals surface area contributed by atoms with Crippen LogP contribution in [0.4, 0.5) is 5.69 Å². The van der Waals surface area contributed by atoms with E-state index in [0.29, 0.717) is 6.67 Å². The molecule has 1 aromatic carbocycles. The zero-order valence-corrected chi connectivity index (χ0v) is 20.6. The van der Waals surface area contributed by atoms with Gasteiger partial charge in [0.1, 0.15) is 17.9 Å². The Morgan fingerprint density at radius 3 is 2.72 bits per heavy atom. The Balaban J connectivity index is 1.26. The number of imidazole rings is 1. The summed E-state index contributed by atoms with van der Waals surface area (Å²) < 4.78 is 0. The van der Waals surface area contributed by atoms with Crippen LogP contribution in [0, 0.1) is 0 Å². The minimum Gasteiger partial charge on any atom is -0.366 e. The molecule has 1 fully saturated rings. The highest BCUT2D eigenvalue weighted by Gasteiger charge is 2.21. The lowest BCUT2D eigenvalue weighted by Gasteiger charge is -2.19. The molecule has 5 aromatic rings. The quantitative estimate of drug-likeness (QED) is 0.336. The standard InChI is InChI=1S/C28H25N7S/c1-2-8-35(7-1)16-18-10-20(13-29-12-18)19-5-6-23-21(11-19)27(32-17-31-23)28-33-24-15-30-14-22(26(24)34-28)25-4-3-9-36-25/h3-6,9-15,31H,1-2,7-8,16-17H2,(H,33,34). The van der Waals surface area contributed by atoms with E-state index in [1.807, 2.05) is 24.8 Å². The van der Waals surface area contributed by atoms with Crippen LogP contribution in [0.5, 0.6) is 0 Å². The molecule has 36 heavy (non-hydrogen) atoms. The highest BCUT2D eigenvalue weighted by molar-refractivity contribution is 7.13. The minimum absolute atomic E-state index is 0.516. The largest absolute Gasteiger partial charge is 0.366 e. The van der Waals surface area contributed by atoms with E-state index in [2.05, 4.69) is 66.9 Å². The molecule has 0 bridgehead atoms. The van der Waals surface area contributed by atoms with Gasteiger partial charge in [-0.2, -0.15) is 0 Å². The zero-order valence-electron chi connectivity index (χ0n) is 19.7. The van der Waals surface area contributed by atoms with Gasteiger partial charge in [0.25, 0.3) is 0 Å². The van der Waals surface area contributed by atoms with E-state index in [1.165, 1.54) is 31.5 Å². The van der Waals surface area contributed by atoms with Crippen LogP contribution in [0.25, 0.3) is 32.6 Å². The third-order valence-electron chi connectivity index (χ3n) is 6.92. The third-order valence-corrected chi connectivity index (χ3v) is 7.82. The normalized spacial score (nSPS) is 15.6. The molecule has 2 aliphatic rings. The fourth-order valence-electron chi connectivity index (χ4n) is 5.15. The fraction of sp³-hybridized carbons (Fsp3) is 0.214. The highest BCUT2D eigenvalue weighted by atomic mass is 32.1. The van der Waals surface area contributed by atoms with Crippen molar-refractivity contribution in [3.8, 4) is 21.6 Å². The summed E-state index contributed by atoms with van der Waals surface area (Å²) in [6, 6.07) is 12.9. The number of hydrogen-bond acceptors (Lipinski definition) is 7. The van der Waals surface area contributed by atoms with Gasteiger partial charge < -0.3 is 10.3 Å². The number of rotatable bonds is 5. The maximum Gasteiger partial charge on any atom is 0.157 e. The number of anilines is 1. The minimum atomic E-state index is 0.516. The lowest BCUT2D eigenvalue weighted by atomic mass is 9.98. The van der Waals surface area contributed by atoms with E-state index in [9.17, 15) is 0 Å². The topological polar surface area (TPSA) is 82.1 Å². The summed E-state index contributed by atoms with van der Waals surface area (Å²) in [5.41, 5.74) is 9.31. The van der Waals surface area contributed by atoms with E-state index in [-0.39, 0.29) is 0 Å². The van der Waals surface area contributed by atoms with Crippen molar-refractivity contribution in [1.82, 2.24) is 24.8 Å². The molecule has 178 valence electrons. The smallest absolute Gasteiger partial charge is 0.157 e. The molecule has 0 aliphatic carbocycles. The van der Waals surface area contributed by atoms with E-state index in [1.54, 1.807) is 11.3 Å². The van der Waals surface area contributed by atoms with Crippen molar-refractivity contribution in [2.75, 3.05) is 25.1 Å². The van der Waals surface area contributed by atoms with Crippen LogP contribution in [0.3, 0.4) is 0 Å². The predicted molar refractivity (Wildman–Crippen MR) is 146 cm³/mol. The molecule has 0 spiro atoms. The first-order chi connectivity index (χ1) is 17.8. The van der Waals surface area contributed by atoms with Crippen molar-refractivity contribution in [3.05, 3.63) is 83.5 Å². The van der Waals surface area contributed by atoms with Crippen LogP contribution in [0.1, 0.15) is 29.8 Å². The average Bonchev–Trinajstić information content (AvgIpc) is 3.70. The zero-order chi connectivity index (χ0) is 23.9. The Morgan fingerprint density at radius 1 is 0.917 bits per heavy atom. The number of nitrogens with zero attached hydrogens (tertiary/aromatic N) is 5. The average molecular weight is 492 g/mol. The van der Waals surface area contributed by atoms with E-state index >= 15 is 0 Å². The number of thiophene rings is 1. The highest BCUT2D eigenvalue weighted by Crippen LogP contribution is 2.32. The Morgan fingerprint density at radius 2 is 1.83 bits per heavy atom. The summed E-state index contributed by atoms with van der Waals surface area (Å²) in [5, 5.41) is 5.48. The predicted octanol–water partition coefficient (Wildman–Crippen LogP) is 5.56. The van der Waals surface area contributed by atoms with Crippen molar-refractivity contribution in [2.24, 2.45) is 4.99 Å². The van der Waals surface area contributed by atoms with Gasteiger partial charge in [-0.3, -0.25) is 19.9 Å². The Hall–Kier alpha value is -3.88. The Labute approximate surface area is 213 Å². The van der Waals surface area contributed by atoms with Crippen molar-refractivity contribution >= 4 is 33.8 Å². The van der Waals surface area contributed by atoms with Crippen LogP contribution in [0.2, 0.25) is 0 Å². The number of aliphatic imine (C=N–C) groups is 1. The van der Waals surface area contributed by atoms with Crippen molar-refractivity contribution in [1.29, 1.82) is 0 Å². The number of benzene rings is 1. The SMILES string of the molecule is c1csc(-c2cncc3[nH]c(C4=NCNc5ccc(-c6cncc(CN7CCCC7)c6)cc54)nc23)c1. The molecule has 2 aliphatic heterocycles. The summed E-state index contributed by atoms with van der Waals surface area (Å²) in [6.45, 7) is 3.83. The van der Waals surface area contributed by atoms with Gasteiger partial charge >= 0.3 is 0 Å². The monoisotopic (exact) mass is 491 g/mol. The van der Waals surface area contributed by atoms with Gasteiger partial charge in [0.2, 0.25) is 0 Å². The lowest BCUT2D eigenvalue weighted by Crippen LogP contribution is -2.18. The fourth-order valence-corrected chi connectivity index (χ4v) is 5.89. The van der Waals surface area contributed by atoms with Gasteiger partial charge in [-0.15, -0.1) is 11.3 Å². The van der Waals surface area contributed by atoms with Crippen molar-refractivity contribution < 1.29 is 0 Å². The van der Waals surface area contributed by atoms with E-state index in [0.717, 1.165) is 61.9 Å². The van der Waals surface area contributed by atoms with Gasteiger partial charge in [0, 0.05) is 52.4 Å². The summed E-state index contributed by atoms with van der Waals surface area (Å²) >= 11 is 1.69. The van der Waals surface area contributed by atoms with Gasteiger partial charge in [0.15, 0.2) is 5.82 Å². The Kier molecular flexibility index (Phi) is 5.33. The number of nitrogens with one attached hydrogen (secondary N) is 2. The first-order valence-electron chi connectivity index (χ1n) is 12.3. The number of aromatic amines is 1. The molecule has 0 atom stereocenters. The van der Waals surface area contributed by atoms with Crippen LogP contribution in [-0.2, 0) is 6.54 Å². The van der Waals surface area contributed by atoms with Crippen LogP contribution >= 0.6 is 11.3 Å². The summed E-state index contributed by atoms with van der Waals surface area (Å²) in [5.74, 6) is 0.761. The van der Waals surface area contributed by atoms with Crippen molar-refractivity contribution in [2.45, 2.75) is 19.4 Å². The van der Waals surface area contributed by atoms with Gasteiger partial charge in [-0.1, -0.05) is 12.1 Å². The molecule has 2 N–H and O–H groups in total. The molecule has 7 rings (SSSR count). The van der Waals surface area contributed by atoms with Crippen LogP contribution in [-0.4, -0.2) is 50.3 Å². The molecule has 4 aromatic heterocycles. The second kappa shape index (κ2) is 8.96. The molecular weight excluding hydrogens is 466 g/mol. The first-order valence-corrected chi connectivity index (χ1v) is 13.2. The lowest BCUT2D eigenvalue weighted by molar-refractivity contribution is 0.331. The van der Waals surface area contributed by atoms with Crippen LogP contribution < -0.4 is 5.32 Å². The summed E-state index contributed by atoms with van der Waals surface area (Å²) in [7, 11) is 0. The number of hydrogen-bond donors (Lipinski definition) is 2. The molecule has 6 heterocycles. The maximum absolute atomic E-state index is 5.00. The van der Waals surface area contributed by atoms with Crippen molar-refractivity contribution in [3.63, 3.8) is 0 Å². The number of aromatic nitrogens is 4. The second-order valence-electron chi connectivity index (χ2n) is 9.31. The molecule has 0 amide bonds. The first kappa shape index (κ1) is 21.4. The number of likely N-dealkylation sites (tertiary alicyclic amines) is 1. The van der Waals surface area contributed by atoms with Crippen LogP contribution in [0.15, 0.2) is 71.6 Å². The number of H-pyrrole nitrogens is 1. The molecule has 7 nitrogen and oxygen atoms in total. The summed E-state index contributed by atoms with van der Waals surface area (Å²) in [6.07, 6.45) is 10.2. The molecular formula is C28H25N7S.